The van der Waals surface area contributed by atoms with E-state index in [4.69, 9.17) is 4.74 Å². The third kappa shape index (κ3) is 4.38. The summed E-state index contributed by atoms with van der Waals surface area (Å²) in [7, 11) is 1.58. The summed E-state index contributed by atoms with van der Waals surface area (Å²) in [5, 5.41) is 11.3. The number of hydrogen-bond donors (Lipinski definition) is 3. The lowest BCUT2D eigenvalue weighted by atomic mass is 10.2. The van der Waals surface area contributed by atoms with Crippen LogP contribution in [0.4, 0.5) is 16.3 Å². The number of hydrogen-bond acceptors (Lipinski definition) is 5. The van der Waals surface area contributed by atoms with Gasteiger partial charge < -0.3 is 19.9 Å². The highest BCUT2D eigenvalue weighted by Gasteiger charge is 2.06. The van der Waals surface area contributed by atoms with Crippen molar-refractivity contribution in [1.82, 2.24) is 10.5 Å². The molecule has 2 aromatic carbocycles. The van der Waals surface area contributed by atoms with Crippen LogP contribution in [-0.2, 0) is 0 Å². The monoisotopic (exact) mass is 352 g/mol. The molecule has 0 saturated carbocycles. The topological polar surface area (TPSA) is 105 Å². The first-order valence-corrected chi connectivity index (χ1v) is 7.72. The summed E-state index contributed by atoms with van der Waals surface area (Å²) < 4.78 is 10.3. The maximum atomic E-state index is 11.8. The molecule has 3 N–H and O–H groups in total. The zero-order valence-electron chi connectivity index (χ0n) is 13.9. The zero-order valence-corrected chi connectivity index (χ0v) is 13.9. The van der Waals surface area contributed by atoms with Gasteiger partial charge in [-0.05, 0) is 48.5 Å². The highest BCUT2D eigenvalue weighted by molar-refractivity contribution is 5.99. The summed E-state index contributed by atoms with van der Waals surface area (Å²) in [6.45, 7) is 0. The molecule has 0 bridgehead atoms. The fourth-order valence-electron chi connectivity index (χ4n) is 2.12. The van der Waals surface area contributed by atoms with Crippen LogP contribution in [0.25, 0.3) is 0 Å². The SMILES string of the molecule is CNC(=O)c1ccc(Oc2ccc(NC(=O)Nc3ccon3)cc2)cc1. The van der Waals surface area contributed by atoms with Crippen LogP contribution in [-0.4, -0.2) is 24.1 Å². The van der Waals surface area contributed by atoms with Gasteiger partial charge >= 0.3 is 6.03 Å². The summed E-state index contributed by atoms with van der Waals surface area (Å²) in [6, 6.07) is 14.7. The fraction of sp³-hybridized carbons (Fsp3) is 0.0556. The standard InChI is InChI=1S/C18H16N4O4/c1-19-17(23)12-2-6-14(7-3-12)26-15-8-4-13(5-9-15)20-18(24)21-16-10-11-25-22-16/h2-11H,1H3,(H,19,23)(H2,20,21,22,24). The van der Waals surface area contributed by atoms with Gasteiger partial charge in [0.25, 0.3) is 5.91 Å². The second-order valence-electron chi connectivity index (χ2n) is 5.19. The van der Waals surface area contributed by atoms with E-state index < -0.39 is 6.03 Å². The Morgan fingerprint density at radius 2 is 1.58 bits per heavy atom. The van der Waals surface area contributed by atoms with E-state index in [1.54, 1.807) is 55.6 Å². The molecule has 1 aromatic heterocycles. The number of ether oxygens (including phenoxy) is 1. The van der Waals surface area contributed by atoms with Gasteiger partial charge in [0.2, 0.25) is 0 Å². The summed E-state index contributed by atoms with van der Waals surface area (Å²) in [5.41, 5.74) is 1.14. The van der Waals surface area contributed by atoms with Gasteiger partial charge in [-0.2, -0.15) is 0 Å². The van der Waals surface area contributed by atoms with Crippen molar-refractivity contribution in [2.24, 2.45) is 0 Å². The maximum absolute atomic E-state index is 11.8. The molecule has 0 atom stereocenters. The van der Waals surface area contributed by atoms with Crippen LogP contribution >= 0.6 is 0 Å². The van der Waals surface area contributed by atoms with Crippen LogP contribution in [0, 0.1) is 0 Å². The second-order valence-corrected chi connectivity index (χ2v) is 5.19. The van der Waals surface area contributed by atoms with Crippen molar-refractivity contribution in [3.63, 3.8) is 0 Å². The average Bonchev–Trinajstić information content (AvgIpc) is 3.16. The van der Waals surface area contributed by atoms with Gasteiger partial charge in [0.05, 0.1) is 0 Å². The Kier molecular flexibility index (Phi) is 5.14. The molecule has 8 heteroatoms. The van der Waals surface area contributed by atoms with Crippen LogP contribution in [0.15, 0.2) is 65.4 Å². The Morgan fingerprint density at radius 3 is 2.15 bits per heavy atom. The van der Waals surface area contributed by atoms with Gasteiger partial charge in [0, 0.05) is 24.4 Å². The fourth-order valence-corrected chi connectivity index (χ4v) is 2.12. The van der Waals surface area contributed by atoms with Crippen molar-refractivity contribution >= 4 is 23.4 Å². The number of benzene rings is 2. The molecule has 8 nitrogen and oxygen atoms in total. The third-order valence-corrected chi connectivity index (χ3v) is 3.37. The van der Waals surface area contributed by atoms with Crippen molar-refractivity contribution in [2.45, 2.75) is 0 Å². The Labute approximate surface area is 149 Å². The highest BCUT2D eigenvalue weighted by atomic mass is 16.5. The minimum absolute atomic E-state index is 0.157. The van der Waals surface area contributed by atoms with Gasteiger partial charge in [-0.25, -0.2) is 4.79 Å². The lowest BCUT2D eigenvalue weighted by Crippen LogP contribution is -2.19. The third-order valence-electron chi connectivity index (χ3n) is 3.37. The highest BCUT2D eigenvalue weighted by Crippen LogP contribution is 2.23. The number of urea groups is 1. The maximum Gasteiger partial charge on any atom is 0.324 e. The minimum atomic E-state index is -0.433. The molecule has 0 fully saturated rings. The van der Waals surface area contributed by atoms with E-state index in [1.165, 1.54) is 12.3 Å². The molecule has 26 heavy (non-hydrogen) atoms. The van der Waals surface area contributed by atoms with Crippen molar-refractivity contribution in [1.29, 1.82) is 0 Å². The molecule has 1 heterocycles. The molecule has 3 amide bonds. The first-order valence-electron chi connectivity index (χ1n) is 7.72. The molecule has 0 spiro atoms. The second kappa shape index (κ2) is 7.84. The summed E-state index contributed by atoms with van der Waals surface area (Å²) in [4.78, 5) is 23.3. The number of nitrogens with one attached hydrogen (secondary N) is 3. The Balaban J connectivity index is 1.57. The Hall–Kier alpha value is -3.81. The summed E-state index contributed by atoms with van der Waals surface area (Å²) in [6.07, 6.45) is 1.36. The predicted octanol–water partition coefficient (Wildman–Crippen LogP) is 3.47. The van der Waals surface area contributed by atoms with Crippen molar-refractivity contribution in [3.05, 3.63) is 66.4 Å². The van der Waals surface area contributed by atoms with E-state index in [0.29, 0.717) is 28.6 Å². The predicted molar refractivity (Wildman–Crippen MR) is 95.5 cm³/mol. The van der Waals surface area contributed by atoms with Gasteiger partial charge in [-0.3, -0.25) is 10.1 Å². The van der Waals surface area contributed by atoms with Crippen molar-refractivity contribution in [3.8, 4) is 11.5 Å². The van der Waals surface area contributed by atoms with E-state index in [-0.39, 0.29) is 5.91 Å². The quantitative estimate of drug-likeness (QED) is 0.652. The number of carbonyl (C=O) groups is 2. The molecule has 0 aliphatic carbocycles. The van der Waals surface area contributed by atoms with Crippen LogP contribution in [0.1, 0.15) is 10.4 Å². The minimum Gasteiger partial charge on any atom is -0.457 e. The van der Waals surface area contributed by atoms with Crippen molar-refractivity contribution in [2.75, 3.05) is 17.7 Å². The van der Waals surface area contributed by atoms with Gasteiger partial charge in [-0.15, -0.1) is 0 Å². The van der Waals surface area contributed by atoms with E-state index in [9.17, 15) is 9.59 Å². The average molecular weight is 352 g/mol. The van der Waals surface area contributed by atoms with E-state index in [2.05, 4.69) is 25.6 Å². The molecule has 3 rings (SSSR count). The summed E-state index contributed by atoms with van der Waals surface area (Å²) in [5.74, 6) is 1.36. The molecular weight excluding hydrogens is 336 g/mol. The van der Waals surface area contributed by atoms with E-state index in [1.807, 2.05) is 0 Å². The lowest BCUT2D eigenvalue weighted by Gasteiger charge is -2.09. The van der Waals surface area contributed by atoms with Crippen LogP contribution in [0.3, 0.4) is 0 Å². The number of rotatable bonds is 5. The first-order chi connectivity index (χ1) is 12.6. The number of amides is 3. The number of carbonyl (C=O) groups excluding carboxylic acids is 2. The molecular formula is C18H16N4O4. The molecule has 3 aromatic rings. The Morgan fingerprint density at radius 1 is 0.923 bits per heavy atom. The smallest absolute Gasteiger partial charge is 0.324 e. The van der Waals surface area contributed by atoms with Crippen LogP contribution < -0.4 is 20.7 Å². The molecule has 0 unspecified atom stereocenters. The van der Waals surface area contributed by atoms with Crippen molar-refractivity contribution < 1.29 is 18.8 Å². The molecule has 0 saturated heterocycles. The van der Waals surface area contributed by atoms with Gasteiger partial charge in [-0.1, -0.05) is 5.16 Å². The van der Waals surface area contributed by atoms with E-state index in [0.717, 1.165) is 0 Å². The Bertz CT molecular complexity index is 875. The molecule has 0 aliphatic heterocycles. The van der Waals surface area contributed by atoms with Gasteiger partial charge in [0.1, 0.15) is 17.8 Å². The lowest BCUT2D eigenvalue weighted by molar-refractivity contribution is 0.0963. The normalized spacial score (nSPS) is 10.0. The first kappa shape index (κ1) is 17.0. The number of nitrogens with zero attached hydrogens (tertiary/aromatic N) is 1. The van der Waals surface area contributed by atoms with E-state index >= 15 is 0 Å². The van der Waals surface area contributed by atoms with Crippen LogP contribution in [0.2, 0.25) is 0 Å². The largest absolute Gasteiger partial charge is 0.457 e. The van der Waals surface area contributed by atoms with Crippen LogP contribution in [0.5, 0.6) is 11.5 Å². The number of anilines is 2. The molecule has 0 aliphatic rings. The van der Waals surface area contributed by atoms with Gasteiger partial charge in [0.15, 0.2) is 5.82 Å². The molecule has 0 radical (unpaired) electrons. The number of aromatic nitrogens is 1. The zero-order chi connectivity index (χ0) is 18.4. The molecule has 132 valence electrons. The summed E-state index contributed by atoms with van der Waals surface area (Å²) >= 11 is 0.